The zero-order valence-electron chi connectivity index (χ0n) is 10.2. The number of hydrogen-bond donors (Lipinski definition) is 0. The van der Waals surface area contributed by atoms with Crippen molar-refractivity contribution in [2.24, 2.45) is 22.9 Å². The highest BCUT2D eigenvalue weighted by atomic mass is 16.3. The van der Waals surface area contributed by atoms with Crippen LogP contribution in [0.5, 0.6) is 0 Å². The summed E-state index contributed by atoms with van der Waals surface area (Å²) in [5.41, 5.74) is 0. The molecule has 0 aromatic carbocycles. The van der Waals surface area contributed by atoms with Gasteiger partial charge in [-0.15, -0.1) is 0 Å². The van der Waals surface area contributed by atoms with Crippen LogP contribution in [0.3, 0.4) is 0 Å². The fraction of sp³-hybridized carbons (Fsp3) is 1.00. The molecule has 0 N–H and O–H groups in total. The molecule has 0 heterocycles. The first-order valence-electron chi connectivity index (χ1n) is 6.53. The van der Waals surface area contributed by atoms with Crippen LogP contribution in [-0.2, 0) is 0 Å². The summed E-state index contributed by atoms with van der Waals surface area (Å²) in [7, 11) is 0. The zero-order chi connectivity index (χ0) is 11.1. The summed E-state index contributed by atoms with van der Waals surface area (Å²) in [6, 6.07) is 0. The second-order valence-electron chi connectivity index (χ2n) is 5.36. The average Bonchev–Trinajstić information content (AvgIpc) is 2.90. The highest BCUT2D eigenvalue weighted by Gasteiger charge is 2.31. The molecule has 0 bridgehead atoms. The molecule has 2 nitrogen and oxygen atoms in total. The van der Waals surface area contributed by atoms with E-state index < -0.39 is 0 Å². The first-order valence-corrected chi connectivity index (χ1v) is 6.53. The Morgan fingerprint density at radius 3 is 2.53 bits per heavy atom. The van der Waals surface area contributed by atoms with Crippen LogP contribution < -0.4 is 0 Å². The molecule has 2 unspecified atom stereocenters. The van der Waals surface area contributed by atoms with Gasteiger partial charge >= 0.3 is 0 Å². The van der Waals surface area contributed by atoms with Crippen LogP contribution >= 0.6 is 0 Å². The van der Waals surface area contributed by atoms with Crippen molar-refractivity contribution in [3.63, 3.8) is 0 Å². The van der Waals surface area contributed by atoms with E-state index >= 15 is 0 Å². The Bertz CT molecular complexity index is 181. The fourth-order valence-corrected chi connectivity index (χ4v) is 2.35. The van der Waals surface area contributed by atoms with Gasteiger partial charge in [-0.1, -0.05) is 44.7 Å². The van der Waals surface area contributed by atoms with Gasteiger partial charge < -0.3 is 0 Å². The quantitative estimate of drug-likeness (QED) is 0.411. The van der Waals surface area contributed by atoms with Crippen LogP contribution in [0.2, 0.25) is 0 Å². The Labute approximate surface area is 93.8 Å². The number of hydrogen-bond acceptors (Lipinski definition) is 2. The lowest BCUT2D eigenvalue weighted by molar-refractivity contribution is 0.444. The van der Waals surface area contributed by atoms with Crippen molar-refractivity contribution in [1.29, 1.82) is 0 Å². The molecule has 0 aromatic heterocycles. The predicted octanol–water partition coefficient (Wildman–Crippen LogP) is 4.39. The van der Waals surface area contributed by atoms with Crippen LogP contribution in [0.1, 0.15) is 58.8 Å². The monoisotopic (exact) mass is 211 g/mol. The Balaban J connectivity index is 1.83. The summed E-state index contributed by atoms with van der Waals surface area (Å²) in [4.78, 5) is 9.91. The summed E-state index contributed by atoms with van der Waals surface area (Å²) in [6.07, 6.45) is 9.18. The average molecular weight is 211 g/mol. The minimum atomic E-state index is 0.504. The number of rotatable bonds is 9. The summed E-state index contributed by atoms with van der Waals surface area (Å²) < 4.78 is 0. The Kier molecular flexibility index (Phi) is 5.89. The molecule has 0 radical (unpaired) electrons. The molecule has 1 aliphatic carbocycles. The Hall–Kier alpha value is -0.400. The molecule has 0 aromatic rings. The smallest absolute Gasteiger partial charge is 0.0811 e. The third-order valence-corrected chi connectivity index (χ3v) is 3.74. The molecule has 0 saturated heterocycles. The third kappa shape index (κ3) is 5.91. The SMILES string of the molecule is CC(CCCC[C@@H]1CC1C)CCCN=O. The van der Waals surface area contributed by atoms with Crippen LogP contribution in [-0.4, -0.2) is 6.54 Å². The van der Waals surface area contributed by atoms with Crippen LogP contribution in [0.15, 0.2) is 5.18 Å². The van der Waals surface area contributed by atoms with Gasteiger partial charge in [-0.3, -0.25) is 0 Å². The molecule has 0 amide bonds. The van der Waals surface area contributed by atoms with Gasteiger partial charge in [0, 0.05) is 0 Å². The van der Waals surface area contributed by atoms with Gasteiger partial charge in [0.25, 0.3) is 0 Å². The van der Waals surface area contributed by atoms with Gasteiger partial charge in [0.15, 0.2) is 0 Å². The van der Waals surface area contributed by atoms with E-state index in [9.17, 15) is 4.91 Å². The second kappa shape index (κ2) is 6.97. The third-order valence-electron chi connectivity index (χ3n) is 3.74. The van der Waals surface area contributed by atoms with Crippen LogP contribution in [0.25, 0.3) is 0 Å². The van der Waals surface area contributed by atoms with Crippen molar-refractivity contribution in [2.45, 2.75) is 58.8 Å². The number of nitrogens with zero attached hydrogens (tertiary/aromatic N) is 1. The molecule has 3 atom stereocenters. The molecule has 1 saturated carbocycles. The maximum absolute atomic E-state index is 9.91. The van der Waals surface area contributed by atoms with Crippen molar-refractivity contribution < 1.29 is 0 Å². The number of unbranched alkanes of at least 4 members (excludes halogenated alkanes) is 1. The minimum Gasteiger partial charge on any atom is -0.151 e. The summed E-state index contributed by atoms with van der Waals surface area (Å²) in [5.74, 6) is 2.85. The molecule has 15 heavy (non-hydrogen) atoms. The van der Waals surface area contributed by atoms with E-state index in [2.05, 4.69) is 19.0 Å². The minimum absolute atomic E-state index is 0.504. The maximum atomic E-state index is 9.91. The molecule has 2 heteroatoms. The van der Waals surface area contributed by atoms with E-state index in [1.54, 1.807) is 0 Å². The lowest BCUT2D eigenvalue weighted by Gasteiger charge is -2.09. The van der Waals surface area contributed by atoms with E-state index in [0.29, 0.717) is 6.54 Å². The molecule has 0 aliphatic heterocycles. The van der Waals surface area contributed by atoms with Crippen LogP contribution in [0.4, 0.5) is 0 Å². The van der Waals surface area contributed by atoms with E-state index in [4.69, 9.17) is 0 Å². The van der Waals surface area contributed by atoms with E-state index in [1.165, 1.54) is 38.5 Å². The van der Waals surface area contributed by atoms with Crippen molar-refractivity contribution >= 4 is 0 Å². The maximum Gasteiger partial charge on any atom is 0.0811 e. The van der Waals surface area contributed by atoms with Crippen LogP contribution in [0, 0.1) is 22.7 Å². The van der Waals surface area contributed by atoms with Gasteiger partial charge in [-0.2, -0.15) is 4.91 Å². The van der Waals surface area contributed by atoms with Crippen molar-refractivity contribution in [3.8, 4) is 0 Å². The van der Waals surface area contributed by atoms with E-state index in [0.717, 1.165) is 24.2 Å². The fourth-order valence-electron chi connectivity index (χ4n) is 2.35. The molecule has 1 fully saturated rings. The highest BCUT2D eigenvalue weighted by Crippen LogP contribution is 2.41. The Morgan fingerprint density at radius 1 is 1.27 bits per heavy atom. The molecule has 0 spiro atoms. The summed E-state index contributed by atoms with van der Waals surface area (Å²) in [5, 5.41) is 2.89. The van der Waals surface area contributed by atoms with Gasteiger partial charge in [0.05, 0.1) is 6.54 Å². The predicted molar refractivity (Wildman–Crippen MR) is 64.8 cm³/mol. The zero-order valence-corrected chi connectivity index (χ0v) is 10.2. The molecule has 1 rings (SSSR count). The van der Waals surface area contributed by atoms with Crippen molar-refractivity contribution in [3.05, 3.63) is 4.91 Å². The summed E-state index contributed by atoms with van der Waals surface area (Å²) in [6.45, 7) is 5.16. The van der Waals surface area contributed by atoms with E-state index in [-0.39, 0.29) is 0 Å². The lowest BCUT2D eigenvalue weighted by Crippen LogP contribution is -1.96. The topological polar surface area (TPSA) is 29.4 Å². The molecular weight excluding hydrogens is 186 g/mol. The largest absolute Gasteiger partial charge is 0.151 e. The van der Waals surface area contributed by atoms with Gasteiger partial charge in [-0.05, 0) is 37.0 Å². The second-order valence-corrected chi connectivity index (χ2v) is 5.36. The molecular formula is C13H25NO. The molecule has 1 aliphatic rings. The summed E-state index contributed by atoms with van der Waals surface area (Å²) >= 11 is 0. The lowest BCUT2D eigenvalue weighted by atomic mass is 9.97. The van der Waals surface area contributed by atoms with Crippen molar-refractivity contribution in [2.75, 3.05) is 6.54 Å². The normalized spacial score (nSPS) is 26.3. The van der Waals surface area contributed by atoms with E-state index in [1.807, 2.05) is 0 Å². The van der Waals surface area contributed by atoms with Crippen molar-refractivity contribution in [1.82, 2.24) is 0 Å². The van der Waals surface area contributed by atoms with Gasteiger partial charge in [0.2, 0.25) is 0 Å². The van der Waals surface area contributed by atoms with Gasteiger partial charge in [0.1, 0.15) is 0 Å². The highest BCUT2D eigenvalue weighted by molar-refractivity contribution is 4.81. The standard InChI is InChI=1S/C13H25NO/c1-11(7-5-9-14-15)6-3-4-8-13-10-12(13)2/h11-13H,3-10H2,1-2H3/t11?,12?,13-/m1/s1. The first-order chi connectivity index (χ1) is 7.24. The molecule has 88 valence electrons. The number of nitroso groups, excluding NO2 is 1. The first kappa shape index (κ1) is 12.7. The van der Waals surface area contributed by atoms with Gasteiger partial charge in [-0.25, -0.2) is 0 Å². The Morgan fingerprint density at radius 2 is 1.93 bits per heavy atom.